The van der Waals surface area contributed by atoms with Crippen molar-refractivity contribution in [1.29, 1.82) is 0 Å². The minimum Gasteiger partial charge on any atom is -0.497 e. The Bertz CT molecular complexity index is 1480. The Labute approximate surface area is 254 Å². The average Bonchev–Trinajstić information content (AvgIpc) is 3.02. The summed E-state index contributed by atoms with van der Waals surface area (Å²) in [5.74, 6) is 0.522. The van der Waals surface area contributed by atoms with E-state index in [0.29, 0.717) is 24.5 Å². The predicted molar refractivity (Wildman–Crippen MR) is 166 cm³/mol. The van der Waals surface area contributed by atoms with Gasteiger partial charge in [0.15, 0.2) is 0 Å². The van der Waals surface area contributed by atoms with Crippen molar-refractivity contribution in [2.75, 3.05) is 38.7 Å². The number of benzene rings is 3. The van der Waals surface area contributed by atoms with E-state index in [9.17, 15) is 18.0 Å². The topological polar surface area (TPSA) is 114 Å². The van der Waals surface area contributed by atoms with Crippen LogP contribution in [0.25, 0.3) is 0 Å². The zero-order valence-corrected chi connectivity index (χ0v) is 26.4. The van der Waals surface area contributed by atoms with E-state index in [1.165, 1.54) is 37.3 Å². The summed E-state index contributed by atoms with van der Waals surface area (Å²) in [6, 6.07) is 18.9. The first-order valence-corrected chi connectivity index (χ1v) is 15.5. The van der Waals surface area contributed by atoms with E-state index in [1.807, 2.05) is 26.8 Å². The number of hydrogen-bond acceptors (Lipinski definition) is 7. The third kappa shape index (κ3) is 8.41. The molecular weight excluding hydrogens is 570 g/mol. The minimum absolute atomic E-state index is 0.00580. The maximum absolute atomic E-state index is 14.3. The second-order valence-corrected chi connectivity index (χ2v) is 12.2. The quantitative estimate of drug-likeness (QED) is 0.269. The lowest BCUT2D eigenvalue weighted by molar-refractivity contribution is -0.140. The number of carbonyl (C=O) groups excluding carboxylic acids is 2. The van der Waals surface area contributed by atoms with Crippen LogP contribution in [0.5, 0.6) is 17.2 Å². The van der Waals surface area contributed by atoms with Gasteiger partial charge in [-0.3, -0.25) is 13.9 Å². The number of anilines is 1. The number of nitrogens with one attached hydrogen (secondary N) is 1. The van der Waals surface area contributed by atoms with Crippen LogP contribution in [0.3, 0.4) is 0 Å². The van der Waals surface area contributed by atoms with Gasteiger partial charge in [-0.1, -0.05) is 51.1 Å². The van der Waals surface area contributed by atoms with E-state index in [1.54, 1.807) is 55.6 Å². The van der Waals surface area contributed by atoms with Crippen molar-refractivity contribution in [3.63, 3.8) is 0 Å². The van der Waals surface area contributed by atoms with Gasteiger partial charge >= 0.3 is 0 Å². The molecule has 0 bridgehead atoms. The van der Waals surface area contributed by atoms with Gasteiger partial charge in [-0.2, -0.15) is 0 Å². The van der Waals surface area contributed by atoms with Crippen LogP contribution in [-0.4, -0.2) is 65.6 Å². The molecule has 10 nitrogen and oxygen atoms in total. The highest BCUT2D eigenvalue weighted by Crippen LogP contribution is 2.36. The molecule has 3 aromatic rings. The Morgan fingerprint density at radius 1 is 0.860 bits per heavy atom. The molecule has 0 saturated heterocycles. The Morgan fingerprint density at radius 3 is 2.14 bits per heavy atom. The largest absolute Gasteiger partial charge is 0.497 e. The highest BCUT2D eigenvalue weighted by molar-refractivity contribution is 7.92. The molecule has 0 aromatic heterocycles. The van der Waals surface area contributed by atoms with Gasteiger partial charge in [0.1, 0.15) is 29.8 Å². The summed E-state index contributed by atoms with van der Waals surface area (Å²) in [4.78, 5) is 29.1. The first-order valence-electron chi connectivity index (χ1n) is 14.1. The SMILES string of the molecule is CC[C@@H](C(=O)NCC(C)C)N(Cc1cccc(OC)c1)C(=O)CN(c1cc(OC)ccc1OC)S(=O)(=O)c1ccccc1. The number of hydrogen-bond donors (Lipinski definition) is 1. The molecule has 0 saturated carbocycles. The molecule has 0 heterocycles. The van der Waals surface area contributed by atoms with E-state index >= 15 is 0 Å². The van der Waals surface area contributed by atoms with Gasteiger partial charge in [-0.05, 0) is 54.3 Å². The molecule has 3 rings (SSSR count). The fourth-order valence-corrected chi connectivity index (χ4v) is 5.97. The van der Waals surface area contributed by atoms with Gasteiger partial charge in [-0.15, -0.1) is 0 Å². The van der Waals surface area contributed by atoms with E-state index in [4.69, 9.17) is 14.2 Å². The number of nitrogens with zero attached hydrogens (tertiary/aromatic N) is 2. The molecule has 2 amide bonds. The van der Waals surface area contributed by atoms with Crippen molar-refractivity contribution in [3.8, 4) is 17.2 Å². The summed E-state index contributed by atoms with van der Waals surface area (Å²) in [6.45, 7) is 5.67. The molecule has 0 fully saturated rings. The van der Waals surface area contributed by atoms with Crippen molar-refractivity contribution in [2.24, 2.45) is 5.92 Å². The lowest BCUT2D eigenvalue weighted by Gasteiger charge is -2.33. The third-order valence-electron chi connectivity index (χ3n) is 6.82. The first-order chi connectivity index (χ1) is 20.5. The molecule has 0 radical (unpaired) electrons. The monoisotopic (exact) mass is 611 g/mol. The second-order valence-electron chi connectivity index (χ2n) is 10.3. The molecule has 1 N–H and O–H groups in total. The van der Waals surface area contributed by atoms with Crippen LogP contribution in [0, 0.1) is 5.92 Å². The number of amides is 2. The molecule has 0 spiro atoms. The lowest BCUT2D eigenvalue weighted by Crippen LogP contribution is -2.52. The van der Waals surface area contributed by atoms with Gasteiger partial charge in [0.25, 0.3) is 10.0 Å². The fraction of sp³-hybridized carbons (Fsp3) is 0.375. The van der Waals surface area contributed by atoms with Crippen molar-refractivity contribution in [1.82, 2.24) is 10.2 Å². The number of rotatable bonds is 15. The molecule has 0 unspecified atom stereocenters. The fourth-order valence-electron chi connectivity index (χ4n) is 4.53. The molecule has 11 heteroatoms. The summed E-state index contributed by atoms with van der Waals surface area (Å²) in [7, 11) is 0.158. The summed E-state index contributed by atoms with van der Waals surface area (Å²) in [6.07, 6.45) is 0.313. The number of carbonyl (C=O) groups is 2. The average molecular weight is 612 g/mol. The maximum Gasteiger partial charge on any atom is 0.264 e. The smallest absolute Gasteiger partial charge is 0.264 e. The van der Waals surface area contributed by atoms with Crippen LogP contribution in [0.1, 0.15) is 32.8 Å². The van der Waals surface area contributed by atoms with Gasteiger partial charge in [0, 0.05) is 19.2 Å². The molecular formula is C32H41N3O7S. The van der Waals surface area contributed by atoms with E-state index in [-0.39, 0.29) is 34.7 Å². The molecule has 0 aliphatic carbocycles. The van der Waals surface area contributed by atoms with E-state index in [2.05, 4.69) is 5.32 Å². The Balaban J connectivity index is 2.13. The van der Waals surface area contributed by atoms with Crippen LogP contribution >= 0.6 is 0 Å². The minimum atomic E-state index is -4.27. The molecule has 3 aromatic carbocycles. The molecule has 0 aliphatic rings. The highest BCUT2D eigenvalue weighted by atomic mass is 32.2. The second kappa shape index (κ2) is 15.3. The van der Waals surface area contributed by atoms with Gasteiger partial charge in [0.2, 0.25) is 11.8 Å². The summed E-state index contributed by atoms with van der Waals surface area (Å²) < 4.78 is 45.5. The van der Waals surface area contributed by atoms with Crippen molar-refractivity contribution in [2.45, 2.75) is 44.7 Å². The summed E-state index contributed by atoms with van der Waals surface area (Å²) >= 11 is 0. The van der Waals surface area contributed by atoms with Gasteiger partial charge < -0.3 is 24.4 Å². The summed E-state index contributed by atoms with van der Waals surface area (Å²) in [5, 5.41) is 2.93. The van der Waals surface area contributed by atoms with E-state index < -0.39 is 28.5 Å². The lowest BCUT2D eigenvalue weighted by atomic mass is 10.1. The molecule has 1 atom stereocenters. The Kier molecular flexibility index (Phi) is 11.8. The van der Waals surface area contributed by atoms with E-state index in [0.717, 1.165) is 9.87 Å². The van der Waals surface area contributed by atoms with Crippen LogP contribution in [0.4, 0.5) is 5.69 Å². The van der Waals surface area contributed by atoms with Crippen LogP contribution in [-0.2, 0) is 26.2 Å². The molecule has 43 heavy (non-hydrogen) atoms. The first kappa shape index (κ1) is 33.3. The van der Waals surface area contributed by atoms with Crippen LogP contribution in [0.15, 0.2) is 77.7 Å². The Hall–Kier alpha value is -4.25. The van der Waals surface area contributed by atoms with Crippen LogP contribution < -0.4 is 23.8 Å². The molecule has 0 aliphatic heterocycles. The normalized spacial score (nSPS) is 11.9. The van der Waals surface area contributed by atoms with Crippen molar-refractivity contribution >= 4 is 27.5 Å². The number of methoxy groups -OCH3 is 3. The third-order valence-corrected chi connectivity index (χ3v) is 8.60. The zero-order chi connectivity index (χ0) is 31.6. The highest BCUT2D eigenvalue weighted by Gasteiger charge is 2.35. The Morgan fingerprint density at radius 2 is 1.53 bits per heavy atom. The van der Waals surface area contributed by atoms with Crippen LogP contribution in [0.2, 0.25) is 0 Å². The van der Waals surface area contributed by atoms with Crippen molar-refractivity contribution < 1.29 is 32.2 Å². The van der Waals surface area contributed by atoms with Crippen molar-refractivity contribution in [3.05, 3.63) is 78.4 Å². The maximum atomic E-state index is 14.3. The van der Waals surface area contributed by atoms with Gasteiger partial charge in [-0.25, -0.2) is 8.42 Å². The zero-order valence-electron chi connectivity index (χ0n) is 25.6. The standard InChI is InChI=1S/C32H41N3O7S/c1-7-28(32(37)33-20-23(2)3)34(21-24-12-11-13-25(18-24)40-4)31(36)22-35(43(38,39)27-14-9-8-10-15-27)29-19-26(41-5)16-17-30(29)42-6/h8-19,23,28H,7,20-22H2,1-6H3,(H,33,37)/t28-/m0/s1. The predicted octanol–water partition coefficient (Wildman–Crippen LogP) is 4.49. The number of ether oxygens (including phenoxy) is 3. The number of sulfonamides is 1. The molecule has 232 valence electrons. The summed E-state index contributed by atoms with van der Waals surface area (Å²) in [5.41, 5.74) is 0.844. The van der Waals surface area contributed by atoms with Gasteiger partial charge in [0.05, 0.1) is 31.9 Å².